The SMILES string of the molecule is CC(C)CNCc1cc(CN(C)CC2CCN(C)C2)on1. The zero-order chi connectivity index (χ0) is 15.2. The van der Waals surface area contributed by atoms with E-state index in [0.29, 0.717) is 5.92 Å². The Morgan fingerprint density at radius 2 is 2.33 bits per heavy atom. The average molecular weight is 294 g/mol. The van der Waals surface area contributed by atoms with Crippen molar-refractivity contribution < 1.29 is 4.52 Å². The quantitative estimate of drug-likeness (QED) is 0.792. The summed E-state index contributed by atoms with van der Waals surface area (Å²) >= 11 is 0. The van der Waals surface area contributed by atoms with Crippen LogP contribution < -0.4 is 5.32 Å². The first-order valence-electron chi connectivity index (χ1n) is 8.05. The standard InChI is InChI=1S/C16H30N4O/c1-13(2)8-17-9-15-7-16(21-18-15)12-20(4)11-14-5-6-19(3)10-14/h7,13-14,17H,5-6,8-12H2,1-4H3. The molecule has 5 nitrogen and oxygen atoms in total. The van der Waals surface area contributed by atoms with E-state index in [9.17, 15) is 0 Å². The van der Waals surface area contributed by atoms with Gasteiger partial charge in [-0.2, -0.15) is 0 Å². The Hall–Kier alpha value is -0.910. The predicted molar refractivity (Wildman–Crippen MR) is 85.0 cm³/mol. The van der Waals surface area contributed by atoms with Crippen LogP contribution in [0.4, 0.5) is 0 Å². The van der Waals surface area contributed by atoms with Gasteiger partial charge in [-0.1, -0.05) is 19.0 Å². The Bertz CT molecular complexity index is 418. The average Bonchev–Trinajstić information content (AvgIpc) is 2.98. The van der Waals surface area contributed by atoms with E-state index >= 15 is 0 Å². The minimum atomic E-state index is 0.659. The van der Waals surface area contributed by atoms with Crippen molar-refractivity contribution in [3.8, 4) is 0 Å². The van der Waals surface area contributed by atoms with E-state index in [-0.39, 0.29) is 0 Å². The van der Waals surface area contributed by atoms with Crippen molar-refractivity contribution in [2.75, 3.05) is 40.3 Å². The molecule has 2 heterocycles. The lowest BCUT2D eigenvalue weighted by atomic mass is 10.1. The molecule has 0 bridgehead atoms. The van der Waals surface area contributed by atoms with Crippen LogP contribution in [0.1, 0.15) is 31.7 Å². The van der Waals surface area contributed by atoms with Crippen LogP contribution in [0.2, 0.25) is 0 Å². The molecule has 1 aliphatic heterocycles. The molecule has 0 saturated carbocycles. The van der Waals surface area contributed by atoms with E-state index in [2.05, 4.69) is 54.3 Å². The molecule has 1 N–H and O–H groups in total. The molecule has 21 heavy (non-hydrogen) atoms. The number of hydrogen-bond acceptors (Lipinski definition) is 5. The number of nitrogens with zero attached hydrogens (tertiary/aromatic N) is 3. The molecule has 0 aliphatic carbocycles. The molecule has 1 fully saturated rings. The fourth-order valence-corrected chi connectivity index (χ4v) is 2.95. The Balaban J connectivity index is 1.71. The van der Waals surface area contributed by atoms with Crippen molar-refractivity contribution in [3.63, 3.8) is 0 Å². The van der Waals surface area contributed by atoms with Crippen LogP contribution >= 0.6 is 0 Å². The first-order chi connectivity index (χ1) is 10.0. The summed E-state index contributed by atoms with van der Waals surface area (Å²) in [5, 5.41) is 7.53. The number of likely N-dealkylation sites (tertiary alicyclic amines) is 1. The monoisotopic (exact) mass is 294 g/mol. The maximum atomic E-state index is 5.44. The molecule has 2 rings (SSSR count). The van der Waals surface area contributed by atoms with Crippen molar-refractivity contribution in [2.24, 2.45) is 11.8 Å². The maximum absolute atomic E-state index is 5.44. The Kier molecular flexibility index (Phi) is 6.21. The summed E-state index contributed by atoms with van der Waals surface area (Å²) in [5.74, 6) is 2.41. The van der Waals surface area contributed by atoms with Crippen LogP contribution in [0.15, 0.2) is 10.6 Å². The van der Waals surface area contributed by atoms with Crippen molar-refractivity contribution in [2.45, 2.75) is 33.4 Å². The van der Waals surface area contributed by atoms with Gasteiger partial charge in [-0.25, -0.2) is 0 Å². The summed E-state index contributed by atoms with van der Waals surface area (Å²) in [6.45, 7) is 10.6. The molecular weight excluding hydrogens is 264 g/mol. The van der Waals surface area contributed by atoms with Gasteiger partial charge in [0, 0.05) is 25.7 Å². The molecule has 0 radical (unpaired) electrons. The summed E-state index contributed by atoms with van der Waals surface area (Å²) in [5.41, 5.74) is 1.000. The van der Waals surface area contributed by atoms with Crippen molar-refractivity contribution in [1.82, 2.24) is 20.3 Å². The molecule has 1 unspecified atom stereocenters. The van der Waals surface area contributed by atoms with Gasteiger partial charge >= 0.3 is 0 Å². The molecule has 0 spiro atoms. The second kappa shape index (κ2) is 7.92. The Morgan fingerprint density at radius 3 is 3.00 bits per heavy atom. The smallest absolute Gasteiger partial charge is 0.151 e. The number of aromatic nitrogens is 1. The first kappa shape index (κ1) is 16.5. The summed E-state index contributed by atoms with van der Waals surface area (Å²) in [4.78, 5) is 4.75. The van der Waals surface area contributed by atoms with Crippen LogP contribution in [0.3, 0.4) is 0 Å². The molecule has 1 atom stereocenters. The highest BCUT2D eigenvalue weighted by Crippen LogP contribution is 2.16. The van der Waals surface area contributed by atoms with E-state index in [1.54, 1.807) is 0 Å². The molecule has 120 valence electrons. The van der Waals surface area contributed by atoms with Gasteiger partial charge in [0.25, 0.3) is 0 Å². The zero-order valence-corrected chi connectivity index (χ0v) is 13.9. The van der Waals surface area contributed by atoms with Gasteiger partial charge in [0.2, 0.25) is 0 Å². The second-order valence-electron chi connectivity index (χ2n) is 6.92. The summed E-state index contributed by atoms with van der Waals surface area (Å²) < 4.78 is 5.44. The summed E-state index contributed by atoms with van der Waals surface area (Å²) in [6.07, 6.45) is 1.31. The van der Waals surface area contributed by atoms with E-state index in [1.807, 2.05) is 0 Å². The van der Waals surface area contributed by atoms with Crippen molar-refractivity contribution in [3.05, 3.63) is 17.5 Å². The Morgan fingerprint density at radius 1 is 1.52 bits per heavy atom. The normalized spacial score (nSPS) is 20.0. The predicted octanol–water partition coefficient (Wildman–Crippen LogP) is 1.80. The van der Waals surface area contributed by atoms with Gasteiger partial charge in [-0.05, 0) is 45.4 Å². The van der Waals surface area contributed by atoms with E-state index in [0.717, 1.165) is 43.6 Å². The van der Waals surface area contributed by atoms with E-state index in [4.69, 9.17) is 4.52 Å². The van der Waals surface area contributed by atoms with E-state index in [1.165, 1.54) is 19.5 Å². The van der Waals surface area contributed by atoms with Gasteiger partial charge in [-0.15, -0.1) is 0 Å². The van der Waals surface area contributed by atoms with E-state index < -0.39 is 0 Å². The van der Waals surface area contributed by atoms with Crippen molar-refractivity contribution >= 4 is 0 Å². The third-order valence-electron chi connectivity index (χ3n) is 3.95. The first-order valence-corrected chi connectivity index (χ1v) is 8.05. The lowest BCUT2D eigenvalue weighted by Gasteiger charge is -2.19. The lowest BCUT2D eigenvalue weighted by Crippen LogP contribution is -2.26. The van der Waals surface area contributed by atoms with Crippen LogP contribution in [-0.2, 0) is 13.1 Å². The second-order valence-corrected chi connectivity index (χ2v) is 6.92. The molecule has 0 aromatic carbocycles. The fourth-order valence-electron chi connectivity index (χ4n) is 2.95. The minimum Gasteiger partial charge on any atom is -0.360 e. The third kappa shape index (κ3) is 5.77. The fraction of sp³-hybridized carbons (Fsp3) is 0.812. The van der Waals surface area contributed by atoms with Gasteiger partial charge in [0.05, 0.1) is 12.2 Å². The van der Waals surface area contributed by atoms with Gasteiger partial charge in [0.15, 0.2) is 5.76 Å². The molecule has 1 aromatic heterocycles. The number of rotatable bonds is 8. The molecule has 1 aliphatic rings. The topological polar surface area (TPSA) is 44.5 Å². The van der Waals surface area contributed by atoms with Gasteiger partial charge in [-0.3, -0.25) is 4.90 Å². The highest BCUT2D eigenvalue weighted by molar-refractivity contribution is 5.05. The molecule has 5 heteroatoms. The largest absolute Gasteiger partial charge is 0.360 e. The van der Waals surface area contributed by atoms with Gasteiger partial charge < -0.3 is 14.7 Å². The summed E-state index contributed by atoms with van der Waals surface area (Å²) in [7, 11) is 4.37. The van der Waals surface area contributed by atoms with Crippen LogP contribution in [-0.4, -0.2) is 55.2 Å². The summed E-state index contributed by atoms with van der Waals surface area (Å²) in [6, 6.07) is 2.07. The lowest BCUT2D eigenvalue weighted by molar-refractivity contribution is 0.236. The van der Waals surface area contributed by atoms with Crippen LogP contribution in [0.25, 0.3) is 0 Å². The Labute approximate surface area is 128 Å². The number of nitrogens with one attached hydrogen (secondary N) is 1. The molecular formula is C16H30N4O. The maximum Gasteiger partial charge on any atom is 0.151 e. The third-order valence-corrected chi connectivity index (χ3v) is 3.95. The molecule has 0 amide bonds. The highest BCUT2D eigenvalue weighted by Gasteiger charge is 2.21. The number of hydrogen-bond donors (Lipinski definition) is 1. The van der Waals surface area contributed by atoms with Crippen LogP contribution in [0, 0.1) is 11.8 Å². The minimum absolute atomic E-state index is 0.659. The van der Waals surface area contributed by atoms with Gasteiger partial charge in [0.1, 0.15) is 0 Å². The van der Waals surface area contributed by atoms with Crippen molar-refractivity contribution in [1.29, 1.82) is 0 Å². The molecule has 1 saturated heterocycles. The highest BCUT2D eigenvalue weighted by atomic mass is 16.5. The van der Waals surface area contributed by atoms with Crippen LogP contribution in [0.5, 0.6) is 0 Å². The zero-order valence-electron chi connectivity index (χ0n) is 13.9. The molecule has 1 aromatic rings.